The Morgan fingerprint density at radius 1 is 0.333 bits per heavy atom. The van der Waals surface area contributed by atoms with Crippen molar-refractivity contribution in [2.45, 2.75) is 55.4 Å². The molecule has 0 spiro atoms. The lowest BCUT2D eigenvalue weighted by atomic mass is 9.84. The van der Waals surface area contributed by atoms with E-state index in [0.717, 1.165) is 43.8 Å². The molecule has 2 N–H and O–H groups in total. The number of phenolic OH excluding ortho intramolecular Hbond substituents is 2. The van der Waals surface area contributed by atoms with Gasteiger partial charge in [-0.05, 0) is 99.9 Å². The Balaban J connectivity index is 2.82. The molecule has 0 bridgehead atoms. The lowest BCUT2D eigenvalue weighted by Gasteiger charge is -2.22. The number of phenols is 2. The van der Waals surface area contributed by atoms with Crippen LogP contribution in [0.1, 0.15) is 44.5 Å². The largest absolute Gasteiger partial charge is 0.507 e. The van der Waals surface area contributed by atoms with Gasteiger partial charge in [-0.2, -0.15) is 0 Å². The van der Waals surface area contributed by atoms with E-state index in [-0.39, 0.29) is 0 Å². The zero-order valence-corrected chi connectivity index (χ0v) is 15.9. The van der Waals surface area contributed by atoms with E-state index >= 15 is 0 Å². The third-order valence-corrected chi connectivity index (χ3v) is 6.32. The summed E-state index contributed by atoms with van der Waals surface area (Å²) >= 11 is 0. The van der Waals surface area contributed by atoms with Crippen molar-refractivity contribution in [1.82, 2.24) is 0 Å². The Morgan fingerprint density at radius 2 is 0.500 bits per heavy atom. The summed E-state index contributed by atoms with van der Waals surface area (Å²) in [5, 5.41) is 25.5. The summed E-state index contributed by atoms with van der Waals surface area (Å²) in [6, 6.07) is 0. The number of aryl methyl sites for hydroxylation is 4. The number of benzene rings is 3. The van der Waals surface area contributed by atoms with Gasteiger partial charge in [0.25, 0.3) is 0 Å². The van der Waals surface area contributed by atoms with Crippen molar-refractivity contribution in [2.24, 2.45) is 0 Å². The molecule has 0 saturated carbocycles. The van der Waals surface area contributed by atoms with Crippen LogP contribution in [0.25, 0.3) is 21.5 Å². The maximum atomic E-state index is 11.2. The van der Waals surface area contributed by atoms with Crippen LogP contribution in [0.4, 0.5) is 0 Å². The van der Waals surface area contributed by atoms with Crippen LogP contribution in [0.3, 0.4) is 0 Å². The SMILES string of the molecule is Cc1c(C)c(C)c2c(O)c3c(C)c(C)c(C)c(C)c3c(O)c2c1C. The van der Waals surface area contributed by atoms with Gasteiger partial charge in [-0.25, -0.2) is 0 Å². The minimum Gasteiger partial charge on any atom is -0.507 e. The maximum Gasteiger partial charge on any atom is 0.132 e. The Hall–Kier alpha value is -2.22. The summed E-state index contributed by atoms with van der Waals surface area (Å²) in [7, 11) is 0. The Morgan fingerprint density at radius 3 is 0.667 bits per heavy atom. The topological polar surface area (TPSA) is 40.5 Å². The first-order valence-electron chi connectivity index (χ1n) is 8.45. The summed E-state index contributed by atoms with van der Waals surface area (Å²) in [5.41, 5.74) is 8.85. The van der Waals surface area contributed by atoms with Crippen LogP contribution in [-0.4, -0.2) is 10.2 Å². The zero-order valence-electron chi connectivity index (χ0n) is 15.9. The minimum atomic E-state index is 0.296. The molecular weight excluding hydrogens is 296 g/mol. The van der Waals surface area contributed by atoms with Gasteiger partial charge >= 0.3 is 0 Å². The molecule has 0 aliphatic carbocycles. The second-order valence-electron chi connectivity index (χ2n) is 7.20. The van der Waals surface area contributed by atoms with Gasteiger partial charge < -0.3 is 10.2 Å². The van der Waals surface area contributed by atoms with Gasteiger partial charge in [0.1, 0.15) is 11.5 Å². The van der Waals surface area contributed by atoms with Gasteiger partial charge in [-0.15, -0.1) is 0 Å². The normalized spacial score (nSPS) is 11.7. The summed E-state index contributed by atoms with van der Waals surface area (Å²) in [5.74, 6) is 0.593. The van der Waals surface area contributed by atoms with Crippen LogP contribution >= 0.6 is 0 Å². The van der Waals surface area contributed by atoms with Crippen molar-refractivity contribution >= 4 is 21.5 Å². The zero-order chi connectivity index (χ0) is 18.1. The molecule has 3 aromatic carbocycles. The van der Waals surface area contributed by atoms with Crippen LogP contribution in [0, 0.1) is 55.4 Å². The first-order chi connectivity index (χ1) is 11.1. The first kappa shape index (κ1) is 16.6. The van der Waals surface area contributed by atoms with E-state index in [2.05, 4.69) is 27.7 Å². The van der Waals surface area contributed by atoms with Crippen LogP contribution in [0.5, 0.6) is 11.5 Å². The predicted molar refractivity (Wildman–Crippen MR) is 103 cm³/mol. The Kier molecular flexibility index (Phi) is 3.56. The molecule has 0 aliphatic rings. The molecule has 3 aromatic rings. The summed E-state index contributed by atoms with van der Waals surface area (Å²) in [6.07, 6.45) is 0. The predicted octanol–water partition coefficient (Wildman–Crippen LogP) is 5.87. The number of hydrogen-bond donors (Lipinski definition) is 2. The fraction of sp³-hybridized carbons (Fsp3) is 0.364. The lowest BCUT2D eigenvalue weighted by molar-refractivity contribution is 0.477. The van der Waals surface area contributed by atoms with E-state index in [4.69, 9.17) is 0 Å². The number of rotatable bonds is 0. The van der Waals surface area contributed by atoms with Crippen molar-refractivity contribution in [1.29, 1.82) is 0 Å². The van der Waals surface area contributed by atoms with Crippen molar-refractivity contribution < 1.29 is 10.2 Å². The molecule has 126 valence electrons. The van der Waals surface area contributed by atoms with E-state index < -0.39 is 0 Å². The third kappa shape index (κ3) is 1.83. The summed E-state index contributed by atoms with van der Waals surface area (Å²) < 4.78 is 0. The Labute approximate surface area is 143 Å². The first-order valence-corrected chi connectivity index (χ1v) is 8.45. The standard InChI is InChI=1S/C22H26O2/c1-9-10(2)14(6)18-17(13(9)5)21(23)19-15(7)11(3)12(4)16(8)20(19)22(18)24/h23-24H,1-8H3. The second kappa shape index (κ2) is 5.14. The molecule has 0 aliphatic heterocycles. The molecule has 0 aromatic heterocycles. The van der Waals surface area contributed by atoms with Gasteiger partial charge in [0.2, 0.25) is 0 Å². The quantitative estimate of drug-likeness (QED) is 0.401. The smallest absolute Gasteiger partial charge is 0.132 e. The molecule has 0 fully saturated rings. The fourth-order valence-electron chi connectivity index (χ4n) is 4.06. The lowest BCUT2D eigenvalue weighted by Crippen LogP contribution is -1.99. The van der Waals surface area contributed by atoms with E-state index in [9.17, 15) is 10.2 Å². The minimum absolute atomic E-state index is 0.296. The highest BCUT2D eigenvalue weighted by atomic mass is 16.3. The van der Waals surface area contributed by atoms with Gasteiger partial charge in [0, 0.05) is 21.5 Å². The number of aromatic hydroxyl groups is 2. The number of hydrogen-bond acceptors (Lipinski definition) is 2. The van der Waals surface area contributed by atoms with Crippen LogP contribution in [-0.2, 0) is 0 Å². The van der Waals surface area contributed by atoms with E-state index in [1.165, 1.54) is 22.3 Å². The molecule has 2 nitrogen and oxygen atoms in total. The van der Waals surface area contributed by atoms with Crippen molar-refractivity contribution in [3.63, 3.8) is 0 Å². The van der Waals surface area contributed by atoms with E-state index in [0.29, 0.717) is 11.5 Å². The molecule has 0 radical (unpaired) electrons. The maximum absolute atomic E-state index is 11.2. The molecule has 0 heterocycles. The van der Waals surface area contributed by atoms with Crippen molar-refractivity contribution in [2.75, 3.05) is 0 Å². The summed E-state index contributed by atoms with van der Waals surface area (Å²) in [4.78, 5) is 0. The van der Waals surface area contributed by atoms with Crippen LogP contribution in [0.2, 0.25) is 0 Å². The fourth-order valence-corrected chi connectivity index (χ4v) is 4.06. The van der Waals surface area contributed by atoms with E-state index in [1.54, 1.807) is 0 Å². The molecule has 2 heteroatoms. The van der Waals surface area contributed by atoms with Crippen LogP contribution < -0.4 is 0 Å². The molecule has 0 saturated heterocycles. The highest BCUT2D eigenvalue weighted by Crippen LogP contribution is 2.49. The highest BCUT2D eigenvalue weighted by Gasteiger charge is 2.23. The number of fused-ring (bicyclic) bond motifs is 2. The molecular formula is C22H26O2. The highest BCUT2D eigenvalue weighted by molar-refractivity contribution is 6.15. The van der Waals surface area contributed by atoms with Crippen molar-refractivity contribution in [3.05, 3.63) is 44.5 Å². The molecule has 0 unspecified atom stereocenters. The molecule has 0 atom stereocenters. The average molecular weight is 322 g/mol. The Bertz CT molecular complexity index is 875. The third-order valence-electron chi connectivity index (χ3n) is 6.32. The molecule has 24 heavy (non-hydrogen) atoms. The molecule has 3 rings (SSSR count). The van der Waals surface area contributed by atoms with Gasteiger partial charge in [-0.1, -0.05) is 0 Å². The van der Waals surface area contributed by atoms with Gasteiger partial charge in [0.15, 0.2) is 0 Å². The summed E-state index contributed by atoms with van der Waals surface area (Å²) in [6.45, 7) is 16.4. The van der Waals surface area contributed by atoms with Crippen molar-refractivity contribution in [3.8, 4) is 11.5 Å². The second-order valence-corrected chi connectivity index (χ2v) is 7.20. The van der Waals surface area contributed by atoms with E-state index in [1.807, 2.05) is 27.7 Å². The average Bonchev–Trinajstić information content (AvgIpc) is 2.55. The van der Waals surface area contributed by atoms with Gasteiger partial charge in [0.05, 0.1) is 0 Å². The van der Waals surface area contributed by atoms with Gasteiger partial charge in [-0.3, -0.25) is 0 Å². The van der Waals surface area contributed by atoms with Crippen LogP contribution in [0.15, 0.2) is 0 Å². The monoisotopic (exact) mass is 322 g/mol. The molecule has 0 amide bonds.